The number of rotatable bonds is 9. The van der Waals surface area contributed by atoms with Crippen molar-refractivity contribution in [3.63, 3.8) is 0 Å². The third-order valence-corrected chi connectivity index (χ3v) is 2.30. The Morgan fingerprint density at radius 2 is 2.40 bits per heavy atom. The summed E-state index contributed by atoms with van der Waals surface area (Å²) in [6, 6.07) is -0.734. The molecule has 0 heterocycles. The van der Waals surface area contributed by atoms with E-state index in [1.54, 1.807) is 18.3 Å². The van der Waals surface area contributed by atoms with Crippen LogP contribution in [-0.2, 0) is 4.79 Å². The summed E-state index contributed by atoms with van der Waals surface area (Å²) in [6.07, 6.45) is 3.86. The number of unbranched alkanes of at least 4 members (excludes halogenated alkanes) is 1. The van der Waals surface area contributed by atoms with Gasteiger partial charge in [-0.2, -0.15) is 0 Å². The van der Waals surface area contributed by atoms with Crippen LogP contribution < -0.4 is 10.5 Å². The highest BCUT2D eigenvalue weighted by Crippen LogP contribution is 1.99. The Bertz CT molecular complexity index is 200. The average molecular weight is 233 g/mol. The summed E-state index contributed by atoms with van der Waals surface area (Å²) in [7, 11) is 0. The third kappa shape index (κ3) is 9.55. The molecule has 0 radical (unpaired) electrons. The molecule has 88 valence electrons. The summed E-state index contributed by atoms with van der Waals surface area (Å²) in [5.74, 6) is 0.0685. The zero-order chi connectivity index (χ0) is 11.5. The van der Waals surface area contributed by atoms with Crippen LogP contribution in [0.3, 0.4) is 0 Å². The second-order valence-corrected chi connectivity index (χ2v) is 4.13. The van der Waals surface area contributed by atoms with Gasteiger partial charge in [-0.05, 0) is 19.3 Å². The largest absolute Gasteiger partial charge is 0.480 e. The van der Waals surface area contributed by atoms with Gasteiger partial charge in [0.2, 0.25) is 0 Å². The number of aliphatic imine (C=N–C) groups is 1. The van der Waals surface area contributed by atoms with Gasteiger partial charge in [0, 0.05) is 12.3 Å². The molecule has 0 saturated carbocycles. The summed E-state index contributed by atoms with van der Waals surface area (Å²) >= 11 is 1.58. The summed E-state index contributed by atoms with van der Waals surface area (Å²) in [5, 5.41) is 8.51. The summed E-state index contributed by atoms with van der Waals surface area (Å²) in [4.78, 5) is 14.5. The smallest absolute Gasteiger partial charge is 0.320 e. The standard InChI is InChI=1S/C9H19N3O2S/c1-2-15-12-7-11-6-4-3-5-8(10)9(13)14/h7-8H,2-6,10H2,1H3,(H,11,12)(H,13,14)/t8-/m1/s1. The first-order valence-corrected chi connectivity index (χ1v) is 6.01. The Kier molecular flexibility index (Phi) is 9.30. The molecule has 6 heteroatoms. The zero-order valence-corrected chi connectivity index (χ0v) is 9.80. The third-order valence-electron chi connectivity index (χ3n) is 1.74. The molecule has 0 aromatic carbocycles. The molecule has 15 heavy (non-hydrogen) atoms. The molecule has 0 fully saturated rings. The predicted molar refractivity (Wildman–Crippen MR) is 64.1 cm³/mol. The monoisotopic (exact) mass is 233 g/mol. The van der Waals surface area contributed by atoms with Crippen LogP contribution in [0.1, 0.15) is 26.2 Å². The van der Waals surface area contributed by atoms with Gasteiger partial charge in [0.15, 0.2) is 0 Å². The van der Waals surface area contributed by atoms with Crippen LogP contribution in [0, 0.1) is 0 Å². The van der Waals surface area contributed by atoms with E-state index in [2.05, 4.69) is 16.6 Å². The molecule has 0 bridgehead atoms. The van der Waals surface area contributed by atoms with Crippen LogP contribution in [0.2, 0.25) is 0 Å². The fraction of sp³-hybridized carbons (Fsp3) is 0.778. The minimum atomic E-state index is -0.931. The number of nitrogens with zero attached hydrogens (tertiary/aromatic N) is 1. The van der Waals surface area contributed by atoms with E-state index in [1.165, 1.54) is 0 Å². The highest BCUT2D eigenvalue weighted by molar-refractivity contribution is 7.97. The van der Waals surface area contributed by atoms with Gasteiger partial charge in [-0.15, -0.1) is 0 Å². The average Bonchev–Trinajstić information content (AvgIpc) is 2.21. The number of aliphatic carboxylic acids is 1. The fourth-order valence-electron chi connectivity index (χ4n) is 0.913. The maximum atomic E-state index is 10.4. The first kappa shape index (κ1) is 14.2. The molecule has 0 aromatic rings. The van der Waals surface area contributed by atoms with E-state index in [9.17, 15) is 4.79 Å². The summed E-state index contributed by atoms with van der Waals surface area (Å²) in [5.41, 5.74) is 5.34. The lowest BCUT2D eigenvalue weighted by Crippen LogP contribution is -2.29. The lowest BCUT2D eigenvalue weighted by atomic mass is 10.1. The minimum Gasteiger partial charge on any atom is -0.480 e. The number of carbonyl (C=O) groups is 1. The van der Waals surface area contributed by atoms with E-state index in [0.29, 0.717) is 13.0 Å². The summed E-state index contributed by atoms with van der Waals surface area (Å²) < 4.78 is 2.96. The number of nitrogens with two attached hydrogens (primary N) is 1. The molecule has 0 rings (SSSR count). The summed E-state index contributed by atoms with van der Waals surface area (Å²) in [6.45, 7) is 2.77. The number of hydrogen-bond donors (Lipinski definition) is 3. The number of nitrogens with one attached hydrogen (secondary N) is 1. The highest BCUT2D eigenvalue weighted by Gasteiger charge is 2.09. The Morgan fingerprint density at radius 1 is 1.67 bits per heavy atom. The Morgan fingerprint density at radius 3 is 3.00 bits per heavy atom. The topological polar surface area (TPSA) is 87.7 Å². The van der Waals surface area contributed by atoms with E-state index in [0.717, 1.165) is 18.6 Å². The molecule has 4 N–H and O–H groups in total. The molecule has 0 aliphatic carbocycles. The molecule has 0 aliphatic rings. The van der Waals surface area contributed by atoms with Crippen LogP contribution in [0.25, 0.3) is 0 Å². The van der Waals surface area contributed by atoms with Gasteiger partial charge in [0.25, 0.3) is 0 Å². The van der Waals surface area contributed by atoms with Gasteiger partial charge >= 0.3 is 5.97 Å². The Labute approximate surface area is 94.7 Å². The SMILES string of the molecule is CCSNC=NCCCC[C@@H](N)C(=O)O. The Hall–Kier alpha value is -0.750. The zero-order valence-electron chi connectivity index (χ0n) is 8.98. The van der Waals surface area contributed by atoms with Gasteiger partial charge in [0.1, 0.15) is 6.04 Å². The molecule has 0 saturated heterocycles. The highest BCUT2D eigenvalue weighted by atomic mass is 32.2. The van der Waals surface area contributed by atoms with Crippen molar-refractivity contribution < 1.29 is 9.90 Å². The molecule has 0 spiro atoms. The molecular weight excluding hydrogens is 214 g/mol. The maximum Gasteiger partial charge on any atom is 0.320 e. The molecular formula is C9H19N3O2S. The van der Waals surface area contributed by atoms with Gasteiger partial charge in [-0.1, -0.05) is 18.9 Å². The van der Waals surface area contributed by atoms with E-state index in [1.807, 2.05) is 0 Å². The minimum absolute atomic E-state index is 0.516. The Balaban J connectivity index is 3.24. The molecule has 5 nitrogen and oxygen atoms in total. The normalized spacial score (nSPS) is 12.9. The number of carboxylic acids is 1. The van der Waals surface area contributed by atoms with Gasteiger partial charge in [-0.3, -0.25) is 9.79 Å². The molecule has 0 amide bonds. The van der Waals surface area contributed by atoms with E-state index in [4.69, 9.17) is 10.8 Å². The maximum absolute atomic E-state index is 10.4. The quantitative estimate of drug-likeness (QED) is 0.238. The van der Waals surface area contributed by atoms with Crippen molar-refractivity contribution in [3.8, 4) is 0 Å². The second-order valence-electron chi connectivity index (χ2n) is 3.03. The van der Waals surface area contributed by atoms with Crippen LogP contribution in [0.15, 0.2) is 4.99 Å². The van der Waals surface area contributed by atoms with Crippen LogP contribution in [0.5, 0.6) is 0 Å². The van der Waals surface area contributed by atoms with E-state index in [-0.39, 0.29) is 0 Å². The van der Waals surface area contributed by atoms with Gasteiger partial charge in [-0.25, -0.2) is 0 Å². The fourth-order valence-corrected chi connectivity index (χ4v) is 1.23. The van der Waals surface area contributed by atoms with Crippen molar-refractivity contribution in [2.24, 2.45) is 10.7 Å². The molecule has 1 atom stereocenters. The first-order valence-electron chi connectivity index (χ1n) is 5.02. The lowest BCUT2D eigenvalue weighted by Gasteiger charge is -2.04. The lowest BCUT2D eigenvalue weighted by molar-refractivity contribution is -0.138. The van der Waals surface area contributed by atoms with Gasteiger partial charge < -0.3 is 15.6 Å². The van der Waals surface area contributed by atoms with Crippen molar-refractivity contribution in [1.82, 2.24) is 4.72 Å². The second kappa shape index (κ2) is 9.79. The van der Waals surface area contributed by atoms with Crippen molar-refractivity contribution >= 4 is 24.3 Å². The number of hydrogen-bond acceptors (Lipinski definition) is 4. The predicted octanol–water partition coefficient (Wildman–Crippen LogP) is 0.855. The van der Waals surface area contributed by atoms with Crippen LogP contribution in [-0.4, -0.2) is 35.8 Å². The van der Waals surface area contributed by atoms with Crippen LogP contribution >= 0.6 is 11.9 Å². The van der Waals surface area contributed by atoms with Crippen molar-refractivity contribution in [2.45, 2.75) is 32.2 Å². The van der Waals surface area contributed by atoms with E-state index < -0.39 is 12.0 Å². The molecule has 0 unspecified atom stereocenters. The first-order chi connectivity index (χ1) is 7.18. The number of carboxylic acid groups (broad SMARTS) is 1. The van der Waals surface area contributed by atoms with Gasteiger partial charge in [0.05, 0.1) is 6.34 Å². The van der Waals surface area contributed by atoms with E-state index >= 15 is 0 Å². The van der Waals surface area contributed by atoms with Crippen molar-refractivity contribution in [1.29, 1.82) is 0 Å². The molecule has 0 aliphatic heterocycles. The van der Waals surface area contributed by atoms with Crippen molar-refractivity contribution in [3.05, 3.63) is 0 Å². The van der Waals surface area contributed by atoms with Crippen molar-refractivity contribution in [2.75, 3.05) is 12.3 Å². The van der Waals surface area contributed by atoms with Crippen LogP contribution in [0.4, 0.5) is 0 Å². The molecule has 0 aromatic heterocycles.